The zero-order valence-electron chi connectivity index (χ0n) is 10.2. The maximum atomic E-state index is 13.2. The molecule has 0 heterocycles. The molecule has 0 spiro atoms. The third kappa shape index (κ3) is 4.97. The molecular formula is C11H16F2N2O2S. The van der Waals surface area contributed by atoms with Crippen LogP contribution < -0.4 is 10.0 Å². The van der Waals surface area contributed by atoms with Crippen molar-refractivity contribution in [3.63, 3.8) is 0 Å². The minimum Gasteiger partial charge on any atom is -0.313 e. The van der Waals surface area contributed by atoms with Crippen LogP contribution in [0.3, 0.4) is 0 Å². The highest BCUT2D eigenvalue weighted by Crippen LogP contribution is 2.16. The SMILES string of the molecule is CC(C)NCCS(=O)(=O)Nc1cc(F)ccc1F. The Bertz CT molecular complexity index is 504. The smallest absolute Gasteiger partial charge is 0.234 e. The monoisotopic (exact) mass is 278 g/mol. The Morgan fingerprint density at radius 2 is 1.94 bits per heavy atom. The van der Waals surface area contributed by atoms with Gasteiger partial charge in [0.05, 0.1) is 11.4 Å². The van der Waals surface area contributed by atoms with Crippen molar-refractivity contribution in [1.29, 1.82) is 0 Å². The first-order valence-corrected chi connectivity index (χ1v) is 7.14. The van der Waals surface area contributed by atoms with Crippen molar-refractivity contribution in [2.45, 2.75) is 19.9 Å². The highest BCUT2D eigenvalue weighted by atomic mass is 32.2. The molecule has 0 aliphatic rings. The van der Waals surface area contributed by atoms with Gasteiger partial charge in [-0.3, -0.25) is 4.72 Å². The number of halogens is 2. The van der Waals surface area contributed by atoms with Crippen LogP contribution in [0.2, 0.25) is 0 Å². The number of benzene rings is 1. The molecule has 1 aromatic carbocycles. The average Bonchev–Trinajstić information content (AvgIpc) is 2.22. The predicted octanol–water partition coefficient (Wildman–Crippen LogP) is 1.70. The van der Waals surface area contributed by atoms with E-state index in [4.69, 9.17) is 0 Å². The zero-order valence-corrected chi connectivity index (χ0v) is 11.0. The first-order valence-electron chi connectivity index (χ1n) is 5.49. The summed E-state index contributed by atoms with van der Waals surface area (Å²) in [4.78, 5) is 0. The molecule has 0 atom stereocenters. The number of nitrogens with one attached hydrogen (secondary N) is 2. The van der Waals surface area contributed by atoms with Crippen LogP contribution in [-0.2, 0) is 10.0 Å². The molecule has 0 aromatic heterocycles. The average molecular weight is 278 g/mol. The standard InChI is InChI=1S/C11H16F2N2O2S/c1-8(2)14-5-6-18(16,17)15-11-7-9(12)3-4-10(11)13/h3-4,7-8,14-15H,5-6H2,1-2H3. The van der Waals surface area contributed by atoms with E-state index in [2.05, 4.69) is 5.32 Å². The van der Waals surface area contributed by atoms with Gasteiger partial charge >= 0.3 is 0 Å². The van der Waals surface area contributed by atoms with E-state index < -0.39 is 21.7 Å². The molecule has 0 aliphatic heterocycles. The fourth-order valence-corrected chi connectivity index (χ4v) is 2.26. The van der Waals surface area contributed by atoms with Crippen LogP contribution >= 0.6 is 0 Å². The molecule has 0 radical (unpaired) electrons. The van der Waals surface area contributed by atoms with Crippen LogP contribution in [0.4, 0.5) is 14.5 Å². The lowest BCUT2D eigenvalue weighted by atomic mass is 10.3. The van der Waals surface area contributed by atoms with Crippen molar-refractivity contribution in [3.8, 4) is 0 Å². The maximum absolute atomic E-state index is 13.2. The maximum Gasteiger partial charge on any atom is 0.234 e. The number of anilines is 1. The van der Waals surface area contributed by atoms with Gasteiger partial charge in [0.15, 0.2) is 0 Å². The van der Waals surface area contributed by atoms with Crippen LogP contribution in [0, 0.1) is 11.6 Å². The van der Waals surface area contributed by atoms with Crippen LogP contribution in [0.5, 0.6) is 0 Å². The van der Waals surface area contributed by atoms with Crippen molar-refractivity contribution in [1.82, 2.24) is 5.32 Å². The summed E-state index contributed by atoms with van der Waals surface area (Å²) in [6.07, 6.45) is 0. The van der Waals surface area contributed by atoms with Crippen LogP contribution in [-0.4, -0.2) is 26.8 Å². The summed E-state index contributed by atoms with van der Waals surface area (Å²) in [5, 5.41) is 2.93. The van der Waals surface area contributed by atoms with Gasteiger partial charge in [0, 0.05) is 18.7 Å². The summed E-state index contributed by atoms with van der Waals surface area (Å²) in [7, 11) is -3.69. The molecule has 0 unspecified atom stereocenters. The molecule has 2 N–H and O–H groups in total. The molecule has 4 nitrogen and oxygen atoms in total. The second-order valence-electron chi connectivity index (χ2n) is 4.15. The van der Waals surface area contributed by atoms with Crippen LogP contribution in [0.25, 0.3) is 0 Å². The fourth-order valence-electron chi connectivity index (χ4n) is 1.28. The minimum atomic E-state index is -3.69. The molecule has 0 bridgehead atoms. The number of rotatable bonds is 6. The van der Waals surface area contributed by atoms with Gasteiger partial charge in [0.1, 0.15) is 11.6 Å². The normalized spacial score (nSPS) is 11.8. The van der Waals surface area contributed by atoms with Crippen molar-refractivity contribution >= 4 is 15.7 Å². The van der Waals surface area contributed by atoms with Gasteiger partial charge in [-0.05, 0) is 12.1 Å². The third-order valence-electron chi connectivity index (χ3n) is 2.12. The summed E-state index contributed by atoms with van der Waals surface area (Å²) < 4.78 is 51.3. The molecule has 0 amide bonds. The summed E-state index contributed by atoms with van der Waals surface area (Å²) in [5.41, 5.74) is -0.375. The summed E-state index contributed by atoms with van der Waals surface area (Å²) in [5.74, 6) is -1.72. The summed E-state index contributed by atoms with van der Waals surface area (Å²) in [6.45, 7) is 4.00. The van der Waals surface area contributed by atoms with Gasteiger partial charge in [-0.15, -0.1) is 0 Å². The number of hydrogen-bond acceptors (Lipinski definition) is 3. The Morgan fingerprint density at radius 1 is 1.28 bits per heavy atom. The second kappa shape index (κ2) is 6.10. The van der Waals surface area contributed by atoms with E-state index in [1.807, 2.05) is 18.6 Å². The van der Waals surface area contributed by atoms with Crippen LogP contribution in [0.1, 0.15) is 13.8 Å². The molecule has 0 fully saturated rings. The lowest BCUT2D eigenvalue weighted by molar-refractivity contribution is 0.579. The van der Waals surface area contributed by atoms with E-state index in [0.717, 1.165) is 18.2 Å². The minimum absolute atomic E-state index is 0.158. The topological polar surface area (TPSA) is 58.2 Å². The number of hydrogen-bond donors (Lipinski definition) is 2. The number of sulfonamides is 1. The second-order valence-corrected chi connectivity index (χ2v) is 6.00. The van der Waals surface area contributed by atoms with Crippen molar-refractivity contribution in [3.05, 3.63) is 29.8 Å². The van der Waals surface area contributed by atoms with E-state index in [1.54, 1.807) is 0 Å². The molecule has 1 rings (SSSR count). The Kier molecular flexibility index (Phi) is 5.03. The quantitative estimate of drug-likeness (QED) is 0.832. The van der Waals surface area contributed by atoms with Crippen LogP contribution in [0.15, 0.2) is 18.2 Å². The molecule has 18 heavy (non-hydrogen) atoms. The first kappa shape index (κ1) is 14.8. The van der Waals surface area contributed by atoms with E-state index >= 15 is 0 Å². The molecule has 7 heteroatoms. The van der Waals surface area contributed by atoms with Crippen molar-refractivity contribution < 1.29 is 17.2 Å². The predicted molar refractivity (Wildman–Crippen MR) is 66.9 cm³/mol. The Balaban J connectivity index is 2.67. The van der Waals surface area contributed by atoms with Gasteiger partial charge in [-0.25, -0.2) is 17.2 Å². The molecule has 0 saturated carbocycles. The molecule has 102 valence electrons. The fraction of sp³-hybridized carbons (Fsp3) is 0.455. The largest absolute Gasteiger partial charge is 0.313 e. The Hall–Kier alpha value is -1.21. The van der Waals surface area contributed by atoms with E-state index in [-0.39, 0.29) is 24.0 Å². The molecule has 0 saturated heterocycles. The summed E-state index contributed by atoms with van der Waals surface area (Å²) >= 11 is 0. The van der Waals surface area contributed by atoms with E-state index in [1.165, 1.54) is 0 Å². The highest BCUT2D eigenvalue weighted by Gasteiger charge is 2.13. The van der Waals surface area contributed by atoms with Gasteiger partial charge in [0.2, 0.25) is 10.0 Å². The summed E-state index contributed by atoms with van der Waals surface area (Å²) in [6, 6.07) is 2.77. The van der Waals surface area contributed by atoms with Gasteiger partial charge in [-0.1, -0.05) is 13.8 Å². The lowest BCUT2D eigenvalue weighted by Crippen LogP contribution is -2.31. The third-order valence-corrected chi connectivity index (χ3v) is 3.39. The molecular weight excluding hydrogens is 262 g/mol. The Morgan fingerprint density at radius 3 is 2.56 bits per heavy atom. The lowest BCUT2D eigenvalue weighted by Gasteiger charge is -2.11. The van der Waals surface area contributed by atoms with E-state index in [9.17, 15) is 17.2 Å². The Labute approximate surface area is 105 Å². The molecule has 0 aliphatic carbocycles. The van der Waals surface area contributed by atoms with Gasteiger partial charge in [0.25, 0.3) is 0 Å². The van der Waals surface area contributed by atoms with E-state index in [0.29, 0.717) is 0 Å². The van der Waals surface area contributed by atoms with Gasteiger partial charge < -0.3 is 5.32 Å². The van der Waals surface area contributed by atoms with Crippen molar-refractivity contribution in [2.75, 3.05) is 17.0 Å². The highest BCUT2D eigenvalue weighted by molar-refractivity contribution is 7.92. The zero-order chi connectivity index (χ0) is 13.8. The first-order chi connectivity index (χ1) is 8.30. The van der Waals surface area contributed by atoms with Gasteiger partial charge in [-0.2, -0.15) is 0 Å². The van der Waals surface area contributed by atoms with Crippen molar-refractivity contribution in [2.24, 2.45) is 0 Å². The molecule has 1 aromatic rings.